The molecule has 0 N–H and O–H groups in total. The Morgan fingerprint density at radius 3 is 2.18 bits per heavy atom. The Kier molecular flexibility index (Phi) is 6.46. The van der Waals surface area contributed by atoms with Gasteiger partial charge in [0.2, 0.25) is 0 Å². The third-order valence-corrected chi connectivity index (χ3v) is 3.41. The van der Waals surface area contributed by atoms with Crippen LogP contribution in [0, 0.1) is 0 Å². The Morgan fingerprint density at radius 2 is 1.50 bits per heavy atom. The third-order valence-electron chi connectivity index (χ3n) is 3.41. The molecule has 0 radical (unpaired) electrons. The summed E-state index contributed by atoms with van der Waals surface area (Å²) in [5.74, 6) is 0.922. The van der Waals surface area contributed by atoms with E-state index in [4.69, 9.17) is 4.74 Å². The van der Waals surface area contributed by atoms with E-state index < -0.39 is 0 Å². The zero-order valence-corrected chi connectivity index (χ0v) is 12.9. The second kappa shape index (κ2) is 8.85. The molecule has 2 aromatic rings. The minimum absolute atomic E-state index is 0.644. The maximum atomic E-state index is 6.00. The molecule has 2 rings (SSSR count). The Morgan fingerprint density at radius 1 is 0.864 bits per heavy atom. The largest absolute Gasteiger partial charge is 0.492 e. The lowest BCUT2D eigenvalue weighted by atomic mass is 10.1. The minimum atomic E-state index is 0.644. The second-order valence-electron chi connectivity index (χ2n) is 5.05. The van der Waals surface area contributed by atoms with Gasteiger partial charge in [-0.3, -0.25) is 4.90 Å². The lowest BCUT2D eigenvalue weighted by Gasteiger charge is -2.19. The van der Waals surface area contributed by atoms with Gasteiger partial charge >= 0.3 is 0 Å². The molecule has 0 saturated heterocycles. The van der Waals surface area contributed by atoms with Crippen LogP contribution in [0.1, 0.15) is 0 Å². The lowest BCUT2D eigenvalue weighted by molar-refractivity contribution is 0.237. The highest BCUT2D eigenvalue weighted by atomic mass is 16.5. The van der Waals surface area contributed by atoms with Gasteiger partial charge in [-0.2, -0.15) is 0 Å². The Balaban J connectivity index is 2.01. The summed E-state index contributed by atoms with van der Waals surface area (Å²) in [4.78, 5) is 2.24. The standard InChI is InChI=1S/C20H23NO/c1-3-14-21(15-4-2)16-17-22-20-13-9-8-12-19(20)18-10-6-5-7-11-18/h3-13H,1-2,14-17H2. The first kappa shape index (κ1) is 16.1. The number of nitrogens with zero attached hydrogens (tertiary/aromatic N) is 1. The van der Waals surface area contributed by atoms with Crippen LogP contribution in [0.5, 0.6) is 5.75 Å². The van der Waals surface area contributed by atoms with E-state index in [-0.39, 0.29) is 0 Å². The molecule has 0 aliphatic heterocycles. The van der Waals surface area contributed by atoms with E-state index in [9.17, 15) is 0 Å². The molecule has 0 amide bonds. The molecule has 0 saturated carbocycles. The van der Waals surface area contributed by atoms with Crippen LogP contribution in [0.25, 0.3) is 11.1 Å². The van der Waals surface area contributed by atoms with Gasteiger partial charge in [-0.15, -0.1) is 13.2 Å². The van der Waals surface area contributed by atoms with Gasteiger partial charge in [0.15, 0.2) is 0 Å². The van der Waals surface area contributed by atoms with Gasteiger partial charge < -0.3 is 4.74 Å². The monoisotopic (exact) mass is 293 g/mol. The van der Waals surface area contributed by atoms with Crippen molar-refractivity contribution < 1.29 is 4.74 Å². The maximum absolute atomic E-state index is 6.00. The molecule has 0 heterocycles. The molecule has 2 heteroatoms. The average Bonchev–Trinajstić information content (AvgIpc) is 2.56. The topological polar surface area (TPSA) is 12.5 Å². The van der Waals surface area contributed by atoms with Crippen molar-refractivity contribution in [2.45, 2.75) is 0 Å². The Hall–Kier alpha value is -2.32. The summed E-state index contributed by atoms with van der Waals surface area (Å²) < 4.78 is 6.00. The average molecular weight is 293 g/mol. The summed E-state index contributed by atoms with van der Waals surface area (Å²) in [5, 5.41) is 0. The fraction of sp³-hybridized carbons (Fsp3) is 0.200. The number of hydrogen-bond acceptors (Lipinski definition) is 2. The smallest absolute Gasteiger partial charge is 0.127 e. The lowest BCUT2D eigenvalue weighted by Crippen LogP contribution is -2.28. The highest BCUT2D eigenvalue weighted by Gasteiger charge is 2.06. The zero-order valence-electron chi connectivity index (χ0n) is 12.9. The van der Waals surface area contributed by atoms with Crippen molar-refractivity contribution in [2.24, 2.45) is 0 Å². The van der Waals surface area contributed by atoms with Crippen LogP contribution in [0.2, 0.25) is 0 Å². The predicted octanol–water partition coefficient (Wildman–Crippen LogP) is 4.41. The number of para-hydroxylation sites is 1. The molecule has 0 spiro atoms. The van der Waals surface area contributed by atoms with Gasteiger partial charge in [0.05, 0.1) is 0 Å². The number of benzene rings is 2. The molecule has 0 bridgehead atoms. The zero-order chi connectivity index (χ0) is 15.6. The van der Waals surface area contributed by atoms with E-state index in [2.05, 4.69) is 36.3 Å². The van der Waals surface area contributed by atoms with Crippen LogP contribution >= 0.6 is 0 Å². The first-order chi connectivity index (χ1) is 10.8. The number of hydrogen-bond donors (Lipinski definition) is 0. The summed E-state index contributed by atoms with van der Waals surface area (Å²) in [6, 6.07) is 18.5. The molecule has 2 aromatic carbocycles. The van der Waals surface area contributed by atoms with E-state index in [1.165, 1.54) is 5.56 Å². The van der Waals surface area contributed by atoms with Crippen LogP contribution in [0.15, 0.2) is 79.9 Å². The van der Waals surface area contributed by atoms with E-state index in [0.717, 1.165) is 30.9 Å². The Labute approximate surface area is 133 Å². The fourth-order valence-corrected chi connectivity index (χ4v) is 2.36. The molecule has 0 unspecified atom stereocenters. The van der Waals surface area contributed by atoms with E-state index >= 15 is 0 Å². The highest BCUT2D eigenvalue weighted by molar-refractivity contribution is 5.70. The van der Waals surface area contributed by atoms with Crippen molar-refractivity contribution in [2.75, 3.05) is 26.2 Å². The van der Waals surface area contributed by atoms with Gasteiger partial charge in [-0.05, 0) is 11.6 Å². The summed E-state index contributed by atoms with van der Waals surface area (Å²) in [6.07, 6.45) is 3.81. The molecule has 22 heavy (non-hydrogen) atoms. The summed E-state index contributed by atoms with van der Waals surface area (Å²) in [5.41, 5.74) is 2.30. The third kappa shape index (κ3) is 4.61. The van der Waals surface area contributed by atoms with Gasteiger partial charge in [0, 0.05) is 25.2 Å². The number of ether oxygens (including phenoxy) is 1. The predicted molar refractivity (Wildman–Crippen MR) is 94.2 cm³/mol. The second-order valence-corrected chi connectivity index (χ2v) is 5.05. The molecule has 0 aliphatic rings. The minimum Gasteiger partial charge on any atom is -0.492 e. The van der Waals surface area contributed by atoms with Crippen molar-refractivity contribution in [1.82, 2.24) is 4.90 Å². The van der Waals surface area contributed by atoms with Gasteiger partial charge in [0.25, 0.3) is 0 Å². The molecular formula is C20H23NO. The van der Waals surface area contributed by atoms with E-state index in [1.807, 2.05) is 48.6 Å². The van der Waals surface area contributed by atoms with Crippen LogP contribution < -0.4 is 4.74 Å². The van der Waals surface area contributed by atoms with E-state index in [0.29, 0.717) is 6.61 Å². The molecule has 0 aliphatic carbocycles. The van der Waals surface area contributed by atoms with E-state index in [1.54, 1.807) is 0 Å². The quantitative estimate of drug-likeness (QED) is 0.635. The van der Waals surface area contributed by atoms with Crippen LogP contribution in [0.4, 0.5) is 0 Å². The Bertz CT molecular complexity index is 582. The SMILES string of the molecule is C=CCN(CC=C)CCOc1ccccc1-c1ccccc1. The first-order valence-corrected chi connectivity index (χ1v) is 7.56. The molecule has 2 nitrogen and oxygen atoms in total. The maximum Gasteiger partial charge on any atom is 0.127 e. The van der Waals surface area contributed by atoms with Crippen molar-refractivity contribution in [3.8, 4) is 16.9 Å². The molecule has 0 fully saturated rings. The normalized spacial score (nSPS) is 10.4. The molecular weight excluding hydrogens is 270 g/mol. The highest BCUT2D eigenvalue weighted by Crippen LogP contribution is 2.29. The molecule has 0 aromatic heterocycles. The van der Waals surface area contributed by atoms with Crippen LogP contribution in [0.3, 0.4) is 0 Å². The summed E-state index contributed by atoms with van der Waals surface area (Å²) in [6.45, 7) is 10.8. The molecule has 114 valence electrons. The summed E-state index contributed by atoms with van der Waals surface area (Å²) >= 11 is 0. The van der Waals surface area contributed by atoms with Gasteiger partial charge in [-0.1, -0.05) is 60.7 Å². The fourth-order valence-electron chi connectivity index (χ4n) is 2.36. The van der Waals surface area contributed by atoms with Crippen molar-refractivity contribution >= 4 is 0 Å². The van der Waals surface area contributed by atoms with Gasteiger partial charge in [-0.25, -0.2) is 0 Å². The first-order valence-electron chi connectivity index (χ1n) is 7.56. The molecule has 0 atom stereocenters. The van der Waals surface area contributed by atoms with Crippen molar-refractivity contribution in [3.05, 3.63) is 79.9 Å². The van der Waals surface area contributed by atoms with Crippen molar-refractivity contribution in [1.29, 1.82) is 0 Å². The van der Waals surface area contributed by atoms with Crippen LogP contribution in [-0.4, -0.2) is 31.1 Å². The van der Waals surface area contributed by atoms with Crippen molar-refractivity contribution in [3.63, 3.8) is 0 Å². The number of rotatable bonds is 9. The van der Waals surface area contributed by atoms with Gasteiger partial charge in [0.1, 0.15) is 12.4 Å². The summed E-state index contributed by atoms with van der Waals surface area (Å²) in [7, 11) is 0. The van der Waals surface area contributed by atoms with Crippen LogP contribution in [-0.2, 0) is 0 Å².